The molecule has 1 aromatic heterocycles. The molecule has 4 nitrogen and oxygen atoms in total. The molecule has 0 aliphatic heterocycles. The number of hydrogen-bond acceptors (Lipinski definition) is 4. The van der Waals surface area contributed by atoms with Gasteiger partial charge in [0.1, 0.15) is 16.5 Å². The minimum absolute atomic E-state index is 0.207. The van der Waals surface area contributed by atoms with E-state index in [4.69, 9.17) is 0 Å². The Morgan fingerprint density at radius 2 is 1.86 bits per heavy atom. The first-order valence-corrected chi connectivity index (χ1v) is 6.17. The van der Waals surface area contributed by atoms with Gasteiger partial charge in [-0.05, 0) is 23.7 Å². The summed E-state index contributed by atoms with van der Waals surface area (Å²) in [7, 11) is 0. The molecule has 0 bridgehead atoms. The van der Waals surface area contributed by atoms with E-state index in [0.717, 1.165) is 12.3 Å². The Morgan fingerprint density at radius 1 is 1.24 bits per heavy atom. The Morgan fingerprint density at radius 3 is 2.33 bits per heavy atom. The lowest BCUT2D eigenvalue weighted by molar-refractivity contribution is -0.156. The van der Waals surface area contributed by atoms with Crippen LogP contribution in [0.3, 0.4) is 0 Å². The van der Waals surface area contributed by atoms with Crippen molar-refractivity contribution in [3.63, 3.8) is 0 Å². The average molecular weight is 323 g/mol. The van der Waals surface area contributed by atoms with E-state index >= 15 is 0 Å². The van der Waals surface area contributed by atoms with Crippen LogP contribution in [0.2, 0.25) is 0 Å². The highest BCUT2D eigenvalue weighted by atomic mass is 32.1. The highest BCUT2D eigenvalue weighted by Crippen LogP contribution is 2.35. The number of alkyl halides is 3. The summed E-state index contributed by atoms with van der Waals surface area (Å²) in [4.78, 5) is 11.4. The summed E-state index contributed by atoms with van der Waals surface area (Å²) in [6.07, 6.45) is -4.12. The van der Waals surface area contributed by atoms with Crippen LogP contribution >= 0.6 is 11.5 Å². The largest absolute Gasteiger partial charge is 0.413 e. The third kappa shape index (κ3) is 3.32. The van der Waals surface area contributed by atoms with Gasteiger partial charge in [-0.25, -0.2) is 8.78 Å². The van der Waals surface area contributed by atoms with Gasteiger partial charge in [0, 0.05) is 0 Å². The number of rotatable bonds is 3. The third-order valence-corrected chi connectivity index (χ3v) is 3.14. The molecule has 0 saturated heterocycles. The van der Waals surface area contributed by atoms with Crippen LogP contribution in [0.15, 0.2) is 24.4 Å². The van der Waals surface area contributed by atoms with Crippen molar-refractivity contribution < 1.29 is 26.7 Å². The summed E-state index contributed by atoms with van der Waals surface area (Å²) in [5.41, 5.74) is -1.27. The third-order valence-electron chi connectivity index (χ3n) is 2.48. The van der Waals surface area contributed by atoms with Crippen molar-refractivity contribution in [3.8, 4) is 0 Å². The van der Waals surface area contributed by atoms with Crippen LogP contribution in [0, 0.1) is 11.6 Å². The van der Waals surface area contributed by atoms with E-state index in [1.165, 1.54) is 0 Å². The van der Waals surface area contributed by atoms with Gasteiger partial charge >= 0.3 is 6.18 Å². The topological polar surface area (TPSA) is 54.9 Å². The van der Waals surface area contributed by atoms with E-state index in [1.54, 1.807) is 5.32 Å². The molecule has 1 aromatic carbocycles. The molecule has 1 atom stereocenters. The number of carbonyl (C=O) groups is 1. The Hall–Kier alpha value is -2.10. The smallest absolute Gasteiger partial charge is 0.336 e. The molecule has 0 unspecified atom stereocenters. The van der Waals surface area contributed by atoms with Crippen molar-refractivity contribution in [3.05, 3.63) is 46.5 Å². The number of amides is 1. The SMILES string of the molecule is O=C(N[C@@H](c1c(F)cccc1F)C(F)(F)F)c1cnns1. The standard InChI is InChI=1S/C11H6F5N3OS/c12-5-2-1-3-6(13)8(5)9(11(14,15)16)18-10(20)7-4-17-19-21-7/h1-4,9H,(H,18,20)/t9-/m0/s1. The Kier molecular flexibility index (Phi) is 4.16. The summed E-state index contributed by atoms with van der Waals surface area (Å²) >= 11 is 0.559. The van der Waals surface area contributed by atoms with Crippen LogP contribution in [0.4, 0.5) is 22.0 Å². The number of hydrogen-bond donors (Lipinski definition) is 1. The van der Waals surface area contributed by atoms with Gasteiger partial charge in [-0.2, -0.15) is 13.2 Å². The number of halogens is 5. The fourth-order valence-electron chi connectivity index (χ4n) is 1.57. The summed E-state index contributed by atoms with van der Waals surface area (Å²) in [6.45, 7) is 0. The van der Waals surface area contributed by atoms with Crippen molar-refractivity contribution in [2.75, 3.05) is 0 Å². The second kappa shape index (κ2) is 5.72. The zero-order valence-corrected chi connectivity index (χ0v) is 10.8. The minimum Gasteiger partial charge on any atom is -0.336 e. The minimum atomic E-state index is -5.07. The molecule has 1 heterocycles. The molecule has 0 fully saturated rings. The van der Waals surface area contributed by atoms with E-state index < -0.39 is 35.3 Å². The van der Waals surface area contributed by atoms with Gasteiger partial charge in [-0.1, -0.05) is 10.6 Å². The van der Waals surface area contributed by atoms with Crippen LogP contribution < -0.4 is 5.32 Å². The summed E-state index contributed by atoms with van der Waals surface area (Å²) in [6, 6.07) is -0.528. The molecule has 0 aliphatic carbocycles. The lowest BCUT2D eigenvalue weighted by atomic mass is 10.0. The van der Waals surface area contributed by atoms with Gasteiger partial charge in [0.2, 0.25) is 0 Å². The number of carbonyl (C=O) groups excluding carboxylic acids is 1. The highest BCUT2D eigenvalue weighted by Gasteiger charge is 2.45. The fourth-order valence-corrected chi connectivity index (χ4v) is 1.99. The summed E-state index contributed by atoms with van der Waals surface area (Å²) in [5, 5.41) is 4.84. The van der Waals surface area contributed by atoms with Gasteiger partial charge in [-0.15, -0.1) is 5.10 Å². The molecule has 2 aromatic rings. The quantitative estimate of drug-likeness (QED) is 0.884. The Balaban J connectivity index is 2.39. The van der Waals surface area contributed by atoms with Crippen LogP contribution in [0.25, 0.3) is 0 Å². The van der Waals surface area contributed by atoms with E-state index in [9.17, 15) is 26.7 Å². The maximum atomic E-state index is 13.5. The van der Waals surface area contributed by atoms with Gasteiger partial charge in [-0.3, -0.25) is 4.79 Å². The first kappa shape index (κ1) is 15.3. The molecule has 0 radical (unpaired) electrons. The number of nitrogens with zero attached hydrogens (tertiary/aromatic N) is 2. The molecular formula is C11H6F5N3OS. The van der Waals surface area contributed by atoms with Crippen molar-refractivity contribution >= 4 is 17.4 Å². The number of nitrogens with one attached hydrogen (secondary N) is 1. The molecule has 10 heteroatoms. The van der Waals surface area contributed by atoms with E-state index in [0.29, 0.717) is 23.7 Å². The van der Waals surface area contributed by atoms with Crippen LogP contribution in [0.1, 0.15) is 21.3 Å². The van der Waals surface area contributed by atoms with E-state index in [2.05, 4.69) is 9.59 Å². The lowest BCUT2D eigenvalue weighted by Crippen LogP contribution is -2.39. The molecule has 1 N–H and O–H groups in total. The first-order chi connectivity index (χ1) is 9.80. The van der Waals surface area contributed by atoms with Gasteiger partial charge in [0.15, 0.2) is 6.04 Å². The molecular weight excluding hydrogens is 317 g/mol. The van der Waals surface area contributed by atoms with E-state index in [1.807, 2.05) is 0 Å². The molecule has 2 rings (SSSR count). The Bertz CT molecular complexity index is 624. The molecule has 0 saturated carbocycles. The lowest BCUT2D eigenvalue weighted by Gasteiger charge is -2.22. The maximum absolute atomic E-state index is 13.5. The predicted octanol–water partition coefficient (Wildman–Crippen LogP) is 2.85. The van der Waals surface area contributed by atoms with Crippen LogP contribution in [-0.4, -0.2) is 21.7 Å². The van der Waals surface area contributed by atoms with E-state index in [-0.39, 0.29) is 4.88 Å². The number of aromatic nitrogens is 2. The zero-order valence-electron chi connectivity index (χ0n) is 9.99. The van der Waals surface area contributed by atoms with Gasteiger partial charge in [0.05, 0.1) is 11.8 Å². The van der Waals surface area contributed by atoms with Crippen LogP contribution in [0.5, 0.6) is 0 Å². The van der Waals surface area contributed by atoms with Crippen molar-refractivity contribution in [2.24, 2.45) is 0 Å². The molecule has 0 spiro atoms. The number of benzene rings is 1. The normalized spacial score (nSPS) is 13.0. The zero-order chi connectivity index (χ0) is 15.6. The summed E-state index contributed by atoms with van der Waals surface area (Å²) < 4.78 is 69.3. The monoisotopic (exact) mass is 323 g/mol. The maximum Gasteiger partial charge on any atom is 0.413 e. The molecule has 112 valence electrons. The van der Waals surface area contributed by atoms with Crippen molar-refractivity contribution in [1.29, 1.82) is 0 Å². The van der Waals surface area contributed by atoms with Gasteiger partial charge in [0.25, 0.3) is 5.91 Å². The highest BCUT2D eigenvalue weighted by molar-refractivity contribution is 7.07. The molecule has 0 aliphatic rings. The van der Waals surface area contributed by atoms with Crippen molar-refractivity contribution in [1.82, 2.24) is 14.9 Å². The molecule has 21 heavy (non-hydrogen) atoms. The second-order valence-electron chi connectivity index (χ2n) is 3.87. The Labute approximate surface area is 118 Å². The average Bonchev–Trinajstić information content (AvgIpc) is 2.89. The van der Waals surface area contributed by atoms with Gasteiger partial charge < -0.3 is 5.32 Å². The molecule has 1 amide bonds. The first-order valence-electron chi connectivity index (χ1n) is 5.39. The predicted molar refractivity (Wildman–Crippen MR) is 62.5 cm³/mol. The van der Waals surface area contributed by atoms with Crippen molar-refractivity contribution in [2.45, 2.75) is 12.2 Å². The second-order valence-corrected chi connectivity index (χ2v) is 4.65. The fraction of sp³-hybridized carbons (Fsp3) is 0.182. The van der Waals surface area contributed by atoms with Crippen LogP contribution in [-0.2, 0) is 0 Å². The summed E-state index contributed by atoms with van der Waals surface area (Å²) in [5.74, 6) is -3.98.